The molecule has 2 N–H and O–H groups in total. The van der Waals surface area contributed by atoms with E-state index < -0.39 is 0 Å². The summed E-state index contributed by atoms with van der Waals surface area (Å²) in [5, 5.41) is 0.803. The molecule has 96 valence electrons. The molecule has 1 aliphatic rings. The minimum atomic E-state index is 0. The van der Waals surface area contributed by atoms with Gasteiger partial charge in [0.1, 0.15) is 0 Å². The van der Waals surface area contributed by atoms with E-state index in [9.17, 15) is 0 Å². The molecular weight excluding hydrogens is 253 g/mol. The van der Waals surface area contributed by atoms with Crippen LogP contribution in [0.2, 0.25) is 5.02 Å². The lowest BCUT2D eigenvalue weighted by molar-refractivity contribution is 0.307. The summed E-state index contributed by atoms with van der Waals surface area (Å²) < 4.78 is 0. The fourth-order valence-corrected chi connectivity index (χ4v) is 2.99. The first-order chi connectivity index (χ1) is 7.68. The first-order valence-corrected chi connectivity index (χ1v) is 6.58. The van der Waals surface area contributed by atoms with Gasteiger partial charge in [-0.3, -0.25) is 0 Å². The average molecular weight is 274 g/mol. The smallest absolute Gasteiger partial charge is 0.0408 e. The molecule has 0 bridgehead atoms. The molecule has 17 heavy (non-hydrogen) atoms. The zero-order valence-corrected chi connectivity index (χ0v) is 11.9. The Morgan fingerprint density at radius 3 is 2.47 bits per heavy atom. The maximum Gasteiger partial charge on any atom is 0.0408 e. The third kappa shape index (κ3) is 3.61. The van der Waals surface area contributed by atoms with Gasteiger partial charge in [0.05, 0.1) is 0 Å². The van der Waals surface area contributed by atoms with Gasteiger partial charge in [-0.1, -0.05) is 36.9 Å². The average Bonchev–Trinajstić information content (AvgIpc) is 2.29. The summed E-state index contributed by atoms with van der Waals surface area (Å²) in [5.41, 5.74) is 8.88. The van der Waals surface area contributed by atoms with Crippen molar-refractivity contribution >= 4 is 24.0 Å². The maximum absolute atomic E-state index is 6.38. The summed E-state index contributed by atoms with van der Waals surface area (Å²) in [6, 6.07) is 6.25. The Labute approximate surface area is 115 Å². The number of halogens is 2. The Bertz CT molecular complexity index is 359. The quantitative estimate of drug-likeness (QED) is 0.834. The normalized spacial score (nSPS) is 18.5. The van der Waals surface area contributed by atoms with Crippen molar-refractivity contribution in [1.82, 2.24) is 0 Å². The molecule has 1 aliphatic carbocycles. The van der Waals surface area contributed by atoms with Crippen LogP contribution in [0.1, 0.15) is 49.3 Å². The van der Waals surface area contributed by atoms with Crippen LogP contribution < -0.4 is 5.73 Å². The fraction of sp³-hybridized carbons (Fsp3) is 0.571. The standard InChI is InChI=1S/C14H20ClN.ClH/c1-10-9-12(15)7-8-13(10)14(16)11-5-3-2-4-6-11;/h7-9,11,14H,2-6,16H2,1H3;1H/t14-;/m0./s1. The monoisotopic (exact) mass is 273 g/mol. The van der Waals surface area contributed by atoms with Crippen LogP contribution in [-0.2, 0) is 0 Å². The highest BCUT2D eigenvalue weighted by molar-refractivity contribution is 6.30. The largest absolute Gasteiger partial charge is 0.324 e. The maximum atomic E-state index is 6.38. The molecule has 1 fully saturated rings. The molecule has 0 radical (unpaired) electrons. The molecular formula is C14H21Cl2N. The third-order valence-electron chi connectivity index (χ3n) is 3.75. The van der Waals surface area contributed by atoms with Crippen LogP contribution in [0, 0.1) is 12.8 Å². The van der Waals surface area contributed by atoms with E-state index in [2.05, 4.69) is 13.0 Å². The highest BCUT2D eigenvalue weighted by atomic mass is 35.5. The predicted molar refractivity (Wildman–Crippen MR) is 76.9 cm³/mol. The van der Waals surface area contributed by atoms with Crippen LogP contribution in [0.3, 0.4) is 0 Å². The van der Waals surface area contributed by atoms with Gasteiger partial charge < -0.3 is 5.73 Å². The SMILES string of the molecule is Cc1cc(Cl)ccc1[C@@H](N)C1CCCCC1.Cl. The van der Waals surface area contributed by atoms with Gasteiger partial charge in [0.25, 0.3) is 0 Å². The molecule has 1 atom stereocenters. The molecule has 3 heteroatoms. The molecule has 1 nitrogen and oxygen atoms in total. The van der Waals surface area contributed by atoms with Crippen molar-refractivity contribution in [1.29, 1.82) is 0 Å². The van der Waals surface area contributed by atoms with E-state index in [0.29, 0.717) is 5.92 Å². The van der Waals surface area contributed by atoms with Gasteiger partial charge in [0.2, 0.25) is 0 Å². The molecule has 1 aromatic rings. The lowest BCUT2D eigenvalue weighted by atomic mass is 9.80. The van der Waals surface area contributed by atoms with Gasteiger partial charge in [0, 0.05) is 11.1 Å². The van der Waals surface area contributed by atoms with Crippen LogP contribution in [0.4, 0.5) is 0 Å². The zero-order chi connectivity index (χ0) is 11.5. The van der Waals surface area contributed by atoms with E-state index in [1.165, 1.54) is 43.2 Å². The summed E-state index contributed by atoms with van der Waals surface area (Å²) in [6.07, 6.45) is 6.62. The molecule has 0 aliphatic heterocycles. The minimum Gasteiger partial charge on any atom is -0.324 e. The number of nitrogens with two attached hydrogens (primary N) is 1. The number of hydrogen-bond donors (Lipinski definition) is 1. The van der Waals surface area contributed by atoms with Crippen LogP contribution in [0.5, 0.6) is 0 Å². The van der Waals surface area contributed by atoms with Crippen molar-refractivity contribution in [3.63, 3.8) is 0 Å². The van der Waals surface area contributed by atoms with Crippen molar-refractivity contribution in [3.8, 4) is 0 Å². The summed E-state index contributed by atoms with van der Waals surface area (Å²) >= 11 is 5.97. The number of aryl methyl sites for hydroxylation is 1. The lowest BCUT2D eigenvalue weighted by Crippen LogP contribution is -2.24. The van der Waals surface area contributed by atoms with Crippen LogP contribution in [-0.4, -0.2) is 0 Å². The minimum absolute atomic E-state index is 0. The Morgan fingerprint density at radius 2 is 1.88 bits per heavy atom. The Morgan fingerprint density at radius 1 is 1.24 bits per heavy atom. The van der Waals surface area contributed by atoms with Gasteiger partial charge >= 0.3 is 0 Å². The second-order valence-corrected chi connectivity index (χ2v) is 5.36. The van der Waals surface area contributed by atoms with Crippen molar-refractivity contribution < 1.29 is 0 Å². The summed E-state index contributed by atoms with van der Waals surface area (Å²) in [7, 11) is 0. The van der Waals surface area contributed by atoms with E-state index in [1.54, 1.807) is 0 Å². The fourth-order valence-electron chi connectivity index (χ4n) is 2.76. The second kappa shape index (κ2) is 6.63. The topological polar surface area (TPSA) is 26.0 Å². The van der Waals surface area contributed by atoms with Gasteiger partial charge in [0.15, 0.2) is 0 Å². The summed E-state index contributed by atoms with van der Waals surface area (Å²) in [5.74, 6) is 0.661. The van der Waals surface area contributed by atoms with Crippen molar-refractivity contribution in [2.75, 3.05) is 0 Å². The highest BCUT2D eigenvalue weighted by Gasteiger charge is 2.22. The Kier molecular flexibility index (Phi) is 5.78. The van der Waals surface area contributed by atoms with Crippen LogP contribution >= 0.6 is 24.0 Å². The number of hydrogen-bond acceptors (Lipinski definition) is 1. The van der Waals surface area contributed by atoms with E-state index in [4.69, 9.17) is 17.3 Å². The molecule has 1 saturated carbocycles. The summed E-state index contributed by atoms with van der Waals surface area (Å²) in [4.78, 5) is 0. The zero-order valence-electron chi connectivity index (χ0n) is 10.3. The second-order valence-electron chi connectivity index (χ2n) is 4.92. The van der Waals surface area contributed by atoms with E-state index >= 15 is 0 Å². The molecule has 0 aromatic heterocycles. The molecule has 0 unspecified atom stereocenters. The van der Waals surface area contributed by atoms with Gasteiger partial charge in [-0.15, -0.1) is 12.4 Å². The van der Waals surface area contributed by atoms with E-state index in [0.717, 1.165) is 5.02 Å². The van der Waals surface area contributed by atoms with E-state index in [-0.39, 0.29) is 18.4 Å². The van der Waals surface area contributed by atoms with Crippen LogP contribution in [0.15, 0.2) is 18.2 Å². The Balaban J connectivity index is 0.00000144. The van der Waals surface area contributed by atoms with E-state index in [1.807, 2.05) is 12.1 Å². The van der Waals surface area contributed by atoms with Crippen molar-refractivity contribution in [2.24, 2.45) is 11.7 Å². The van der Waals surface area contributed by atoms with Gasteiger partial charge in [-0.25, -0.2) is 0 Å². The Hall–Kier alpha value is -0.240. The number of benzene rings is 1. The molecule has 0 saturated heterocycles. The molecule has 0 spiro atoms. The molecule has 2 rings (SSSR count). The van der Waals surface area contributed by atoms with Crippen molar-refractivity contribution in [2.45, 2.75) is 45.1 Å². The number of rotatable bonds is 2. The lowest BCUT2D eigenvalue weighted by Gasteiger charge is -2.28. The predicted octanol–water partition coefficient (Wildman–Crippen LogP) is 4.65. The molecule has 0 heterocycles. The van der Waals surface area contributed by atoms with Gasteiger partial charge in [-0.2, -0.15) is 0 Å². The van der Waals surface area contributed by atoms with Gasteiger partial charge in [-0.05, 0) is 48.9 Å². The molecule has 0 amide bonds. The molecule has 1 aromatic carbocycles. The van der Waals surface area contributed by atoms with Crippen molar-refractivity contribution in [3.05, 3.63) is 34.3 Å². The summed E-state index contributed by atoms with van der Waals surface area (Å²) in [6.45, 7) is 2.10. The first-order valence-electron chi connectivity index (χ1n) is 6.20. The first kappa shape index (κ1) is 14.8. The van der Waals surface area contributed by atoms with Crippen LogP contribution in [0.25, 0.3) is 0 Å². The highest BCUT2D eigenvalue weighted by Crippen LogP contribution is 2.34. The third-order valence-corrected chi connectivity index (χ3v) is 3.98.